The molecule has 2 saturated heterocycles. The van der Waals surface area contributed by atoms with E-state index in [1.54, 1.807) is 29.2 Å². The van der Waals surface area contributed by atoms with Gasteiger partial charge in [0.2, 0.25) is 0 Å². The van der Waals surface area contributed by atoms with Gasteiger partial charge in [-0.1, -0.05) is 12.1 Å². The number of rotatable bonds is 8. The number of benzene rings is 2. The van der Waals surface area contributed by atoms with E-state index >= 15 is 0 Å². The number of hydrogen-bond acceptors (Lipinski definition) is 10. The summed E-state index contributed by atoms with van der Waals surface area (Å²) in [7, 11) is 0. The van der Waals surface area contributed by atoms with Crippen LogP contribution in [0.15, 0.2) is 54.6 Å². The largest absolute Gasteiger partial charge is 0.507 e. The number of aromatic hydroxyl groups is 1. The molecule has 3 aromatic rings. The third-order valence-corrected chi connectivity index (χ3v) is 7.54. The minimum atomic E-state index is -0.479. The normalized spacial score (nSPS) is 17.9. The zero-order valence-electron chi connectivity index (χ0n) is 25.2. The molecule has 230 valence electrons. The summed E-state index contributed by atoms with van der Waals surface area (Å²) >= 11 is 0. The van der Waals surface area contributed by atoms with E-state index in [0.29, 0.717) is 43.2 Å². The van der Waals surface area contributed by atoms with Crippen LogP contribution in [0, 0.1) is 0 Å². The number of hydrogen-bond donors (Lipinski definition) is 2. The number of aromatic nitrogens is 2. The van der Waals surface area contributed by atoms with E-state index in [9.17, 15) is 9.90 Å². The number of nitrogen functional groups attached to an aromatic ring is 1. The van der Waals surface area contributed by atoms with Gasteiger partial charge in [-0.15, -0.1) is 10.2 Å². The smallest absolute Gasteiger partial charge is 0.410 e. The lowest BCUT2D eigenvalue weighted by Gasteiger charge is -2.35. The first-order valence-corrected chi connectivity index (χ1v) is 14.9. The molecule has 5 rings (SSSR count). The first kappa shape index (κ1) is 30.2. The van der Waals surface area contributed by atoms with Gasteiger partial charge in [0.05, 0.1) is 6.54 Å². The molecule has 1 aromatic heterocycles. The van der Waals surface area contributed by atoms with Gasteiger partial charge in [0, 0.05) is 56.6 Å². The van der Waals surface area contributed by atoms with Gasteiger partial charge in [-0.2, -0.15) is 0 Å². The predicted molar refractivity (Wildman–Crippen MR) is 166 cm³/mol. The molecule has 1 amide bonds. The maximum Gasteiger partial charge on any atom is 0.410 e. The predicted octanol–water partition coefficient (Wildman–Crippen LogP) is 4.41. The molecule has 11 nitrogen and oxygen atoms in total. The first-order chi connectivity index (χ1) is 20.6. The zero-order chi connectivity index (χ0) is 30.4. The quantitative estimate of drug-likeness (QED) is 0.390. The average molecular weight is 591 g/mol. The molecule has 0 spiro atoms. The molecule has 11 heteroatoms. The van der Waals surface area contributed by atoms with Crippen molar-refractivity contribution < 1.29 is 24.1 Å². The number of piperidine rings is 1. The molecule has 1 unspecified atom stereocenters. The summed E-state index contributed by atoms with van der Waals surface area (Å²) in [6.07, 6.45) is 1.57. The van der Waals surface area contributed by atoms with E-state index in [-0.39, 0.29) is 23.8 Å². The lowest BCUT2D eigenvalue weighted by atomic mass is 10.1. The van der Waals surface area contributed by atoms with Crippen molar-refractivity contribution in [1.29, 1.82) is 0 Å². The van der Waals surface area contributed by atoms with Crippen LogP contribution in [0.5, 0.6) is 17.2 Å². The van der Waals surface area contributed by atoms with Gasteiger partial charge < -0.3 is 34.9 Å². The van der Waals surface area contributed by atoms with E-state index in [2.05, 4.69) is 32.1 Å². The number of carbonyl (C=O) groups is 1. The summed E-state index contributed by atoms with van der Waals surface area (Å²) in [5.74, 6) is 1.65. The second-order valence-electron chi connectivity index (χ2n) is 12.0. The molecule has 0 saturated carbocycles. The number of ether oxygens (including phenoxy) is 3. The minimum Gasteiger partial charge on any atom is -0.507 e. The highest BCUT2D eigenvalue weighted by atomic mass is 16.6. The van der Waals surface area contributed by atoms with E-state index in [0.717, 1.165) is 50.5 Å². The van der Waals surface area contributed by atoms with Crippen LogP contribution in [0.3, 0.4) is 0 Å². The highest BCUT2D eigenvalue weighted by molar-refractivity contribution is 5.69. The molecule has 2 aliphatic heterocycles. The summed E-state index contributed by atoms with van der Waals surface area (Å²) in [5, 5.41) is 18.4. The van der Waals surface area contributed by atoms with Crippen LogP contribution in [-0.2, 0) is 4.74 Å². The summed E-state index contributed by atoms with van der Waals surface area (Å²) in [5.41, 5.74) is 7.81. The molecule has 0 aliphatic carbocycles. The fourth-order valence-corrected chi connectivity index (χ4v) is 5.28. The summed E-state index contributed by atoms with van der Waals surface area (Å²) < 4.78 is 17.8. The maximum absolute atomic E-state index is 12.3. The van der Waals surface area contributed by atoms with Gasteiger partial charge in [-0.25, -0.2) is 4.79 Å². The molecule has 2 fully saturated rings. The molecule has 3 N–H and O–H groups in total. The second-order valence-corrected chi connectivity index (χ2v) is 12.0. The van der Waals surface area contributed by atoms with Crippen molar-refractivity contribution >= 4 is 17.6 Å². The monoisotopic (exact) mass is 590 g/mol. The fraction of sp³-hybridized carbons (Fsp3) is 0.469. The maximum atomic E-state index is 12.3. The standard InChI is InChI=1S/C32H42N6O5/c1-32(2,3)43-31(40)37-17-15-36(16-18-37)19-20-41-24-12-10-23(11-13-24)38-14-6-7-25(22-38)42-29-21-27(34-35-30(29)33)26-8-4-5-9-28(26)39/h4-5,8-13,21,25,39H,6-7,14-20,22H2,1-3H3,(H2,33,35). The van der Waals surface area contributed by atoms with Gasteiger partial charge in [-0.05, 0) is 70.0 Å². The van der Waals surface area contributed by atoms with Gasteiger partial charge in [0.25, 0.3) is 0 Å². The van der Waals surface area contributed by atoms with Crippen molar-refractivity contribution in [3.8, 4) is 28.5 Å². The molecular weight excluding hydrogens is 548 g/mol. The average Bonchev–Trinajstić information content (AvgIpc) is 2.99. The van der Waals surface area contributed by atoms with E-state index < -0.39 is 5.60 Å². The Morgan fingerprint density at radius 2 is 1.77 bits per heavy atom. The number of anilines is 2. The van der Waals surface area contributed by atoms with Crippen LogP contribution >= 0.6 is 0 Å². The van der Waals surface area contributed by atoms with Gasteiger partial charge >= 0.3 is 6.09 Å². The summed E-state index contributed by atoms with van der Waals surface area (Å²) in [6.45, 7) is 11.6. The number of para-hydroxylation sites is 1. The van der Waals surface area contributed by atoms with Crippen molar-refractivity contribution in [2.24, 2.45) is 0 Å². The van der Waals surface area contributed by atoms with Crippen LogP contribution in [0.4, 0.5) is 16.3 Å². The molecule has 3 heterocycles. The minimum absolute atomic E-state index is 0.0656. The van der Waals surface area contributed by atoms with Crippen LogP contribution < -0.4 is 20.1 Å². The summed E-state index contributed by atoms with van der Waals surface area (Å²) in [6, 6.07) is 16.9. The molecule has 43 heavy (non-hydrogen) atoms. The van der Waals surface area contributed by atoms with Crippen molar-refractivity contribution in [1.82, 2.24) is 20.0 Å². The van der Waals surface area contributed by atoms with Crippen molar-refractivity contribution in [2.75, 3.05) is 63.1 Å². The Bertz CT molecular complexity index is 1370. The molecular formula is C32H42N6O5. The highest BCUT2D eigenvalue weighted by Crippen LogP contribution is 2.32. The van der Waals surface area contributed by atoms with Crippen LogP contribution in [0.2, 0.25) is 0 Å². The van der Waals surface area contributed by atoms with Crippen LogP contribution in [-0.4, -0.2) is 95.3 Å². The first-order valence-electron chi connectivity index (χ1n) is 14.9. The number of phenols is 1. The second kappa shape index (κ2) is 13.4. The van der Waals surface area contributed by atoms with Crippen molar-refractivity contribution in [3.05, 3.63) is 54.6 Å². The fourth-order valence-electron chi connectivity index (χ4n) is 5.28. The third-order valence-electron chi connectivity index (χ3n) is 7.54. The Kier molecular flexibility index (Phi) is 9.40. The Morgan fingerprint density at radius 1 is 1.02 bits per heavy atom. The lowest BCUT2D eigenvalue weighted by Crippen LogP contribution is -2.50. The van der Waals surface area contributed by atoms with E-state index in [4.69, 9.17) is 19.9 Å². The number of piperazine rings is 1. The number of phenolic OH excluding ortho intramolecular Hbond substituents is 1. The Hall–Kier alpha value is -4.25. The summed E-state index contributed by atoms with van der Waals surface area (Å²) in [4.78, 5) is 18.7. The highest BCUT2D eigenvalue weighted by Gasteiger charge is 2.26. The van der Waals surface area contributed by atoms with Gasteiger partial charge in [0.15, 0.2) is 11.6 Å². The van der Waals surface area contributed by atoms with Crippen LogP contribution in [0.25, 0.3) is 11.3 Å². The zero-order valence-corrected chi connectivity index (χ0v) is 25.2. The molecule has 0 radical (unpaired) electrons. The molecule has 2 aromatic carbocycles. The SMILES string of the molecule is CC(C)(C)OC(=O)N1CCN(CCOc2ccc(N3CCCC(Oc4cc(-c5ccccc5O)nnc4N)C3)cc2)CC1. The Balaban J connectivity index is 1.09. The Labute approximate surface area is 253 Å². The van der Waals surface area contributed by atoms with Crippen molar-refractivity contribution in [3.63, 3.8) is 0 Å². The van der Waals surface area contributed by atoms with Gasteiger partial charge in [-0.3, -0.25) is 4.90 Å². The number of amides is 1. The molecule has 2 aliphatic rings. The number of carbonyl (C=O) groups excluding carboxylic acids is 1. The Morgan fingerprint density at radius 3 is 2.49 bits per heavy atom. The third kappa shape index (κ3) is 8.19. The lowest BCUT2D eigenvalue weighted by molar-refractivity contribution is 0.0137. The number of nitrogens with zero attached hydrogens (tertiary/aromatic N) is 5. The van der Waals surface area contributed by atoms with E-state index in [1.807, 2.05) is 39.0 Å². The molecule has 1 atom stereocenters. The molecule has 0 bridgehead atoms. The van der Waals surface area contributed by atoms with Crippen LogP contribution in [0.1, 0.15) is 33.6 Å². The number of nitrogens with two attached hydrogens (primary N) is 1. The topological polar surface area (TPSA) is 127 Å². The van der Waals surface area contributed by atoms with Gasteiger partial charge in [0.1, 0.15) is 35.5 Å². The van der Waals surface area contributed by atoms with Crippen molar-refractivity contribution in [2.45, 2.75) is 45.3 Å². The van der Waals surface area contributed by atoms with E-state index in [1.165, 1.54) is 0 Å².